The Hall–Kier alpha value is -1.39. The molecular weight excluding hydrogens is 268 g/mol. The molecule has 1 aromatic heterocycles. The standard InChI is InChI=1S/C16H22N2OS/c1-4-12-6-8-13(9-7-12)19-11-16-18-14(5-2)15(20-16)10-17-3/h6-9,17H,4-5,10-11H2,1-3H3. The number of benzene rings is 1. The summed E-state index contributed by atoms with van der Waals surface area (Å²) in [7, 11) is 1.96. The average Bonchev–Trinajstić information content (AvgIpc) is 2.88. The summed E-state index contributed by atoms with van der Waals surface area (Å²) in [5, 5.41) is 4.24. The van der Waals surface area contributed by atoms with E-state index in [-0.39, 0.29) is 0 Å². The molecule has 1 aromatic carbocycles. The first-order chi connectivity index (χ1) is 9.76. The van der Waals surface area contributed by atoms with Crippen LogP contribution in [-0.2, 0) is 26.0 Å². The van der Waals surface area contributed by atoms with E-state index in [2.05, 4.69) is 36.3 Å². The lowest BCUT2D eigenvalue weighted by Crippen LogP contribution is -2.05. The van der Waals surface area contributed by atoms with Crippen molar-refractivity contribution < 1.29 is 4.74 Å². The van der Waals surface area contributed by atoms with Crippen molar-refractivity contribution in [1.29, 1.82) is 0 Å². The quantitative estimate of drug-likeness (QED) is 0.846. The van der Waals surface area contributed by atoms with E-state index in [9.17, 15) is 0 Å². The minimum absolute atomic E-state index is 0.548. The lowest BCUT2D eigenvalue weighted by Gasteiger charge is -2.04. The Morgan fingerprint density at radius 1 is 1.15 bits per heavy atom. The van der Waals surface area contributed by atoms with Crippen LogP contribution in [0.1, 0.15) is 35.0 Å². The lowest BCUT2D eigenvalue weighted by molar-refractivity contribution is 0.305. The van der Waals surface area contributed by atoms with Gasteiger partial charge in [-0.3, -0.25) is 0 Å². The average molecular weight is 290 g/mol. The minimum atomic E-state index is 0.548. The molecule has 4 heteroatoms. The molecule has 0 amide bonds. The van der Waals surface area contributed by atoms with Crippen molar-refractivity contribution in [2.75, 3.05) is 7.05 Å². The van der Waals surface area contributed by atoms with E-state index in [1.807, 2.05) is 19.2 Å². The van der Waals surface area contributed by atoms with Crippen LogP contribution >= 0.6 is 11.3 Å². The number of aromatic nitrogens is 1. The molecule has 2 aromatic rings. The normalized spacial score (nSPS) is 10.8. The summed E-state index contributed by atoms with van der Waals surface area (Å²) in [6, 6.07) is 8.28. The van der Waals surface area contributed by atoms with Gasteiger partial charge in [0.15, 0.2) is 0 Å². The molecule has 0 saturated carbocycles. The summed E-state index contributed by atoms with van der Waals surface area (Å²) in [4.78, 5) is 5.96. The number of hydrogen-bond donors (Lipinski definition) is 1. The maximum absolute atomic E-state index is 5.81. The van der Waals surface area contributed by atoms with Crippen molar-refractivity contribution in [3.63, 3.8) is 0 Å². The molecule has 2 rings (SSSR count). The summed E-state index contributed by atoms with van der Waals surface area (Å²) in [6.45, 7) is 5.72. The molecule has 0 aliphatic carbocycles. The van der Waals surface area contributed by atoms with Gasteiger partial charge in [-0.1, -0.05) is 26.0 Å². The lowest BCUT2D eigenvalue weighted by atomic mass is 10.2. The first-order valence-electron chi connectivity index (χ1n) is 7.10. The predicted octanol–water partition coefficient (Wildman–Crippen LogP) is 3.57. The SMILES string of the molecule is CCc1ccc(OCc2nc(CC)c(CNC)s2)cc1. The van der Waals surface area contributed by atoms with Gasteiger partial charge in [-0.05, 0) is 37.6 Å². The second kappa shape index (κ2) is 7.41. The molecule has 0 saturated heterocycles. The monoisotopic (exact) mass is 290 g/mol. The van der Waals surface area contributed by atoms with Crippen LogP contribution in [0.4, 0.5) is 0 Å². The van der Waals surface area contributed by atoms with Crippen LogP contribution < -0.4 is 10.1 Å². The van der Waals surface area contributed by atoms with Crippen LogP contribution in [0.2, 0.25) is 0 Å². The van der Waals surface area contributed by atoms with Gasteiger partial charge in [0.05, 0.1) is 5.69 Å². The molecule has 0 bridgehead atoms. The van der Waals surface area contributed by atoms with Crippen molar-refractivity contribution >= 4 is 11.3 Å². The highest BCUT2D eigenvalue weighted by molar-refractivity contribution is 7.11. The van der Waals surface area contributed by atoms with Crippen LogP contribution in [0.25, 0.3) is 0 Å². The number of hydrogen-bond acceptors (Lipinski definition) is 4. The molecule has 0 aliphatic rings. The molecule has 0 aliphatic heterocycles. The summed E-state index contributed by atoms with van der Waals surface area (Å²) >= 11 is 1.74. The third-order valence-corrected chi connectivity index (χ3v) is 4.26. The molecule has 0 unspecified atom stereocenters. The van der Waals surface area contributed by atoms with E-state index < -0.39 is 0 Å². The van der Waals surface area contributed by atoms with E-state index in [0.717, 1.165) is 30.1 Å². The van der Waals surface area contributed by atoms with E-state index >= 15 is 0 Å². The number of nitrogens with one attached hydrogen (secondary N) is 1. The molecule has 0 spiro atoms. The fourth-order valence-electron chi connectivity index (χ4n) is 2.04. The van der Waals surface area contributed by atoms with Crippen molar-refractivity contribution in [3.05, 3.63) is 45.4 Å². The van der Waals surface area contributed by atoms with Crippen LogP contribution in [0.15, 0.2) is 24.3 Å². The Balaban J connectivity index is 1.99. The topological polar surface area (TPSA) is 34.1 Å². The number of thiazole rings is 1. The zero-order chi connectivity index (χ0) is 14.4. The third kappa shape index (κ3) is 3.81. The highest BCUT2D eigenvalue weighted by atomic mass is 32.1. The maximum Gasteiger partial charge on any atom is 0.140 e. The fourth-order valence-corrected chi connectivity index (χ4v) is 3.12. The Morgan fingerprint density at radius 2 is 1.90 bits per heavy atom. The van der Waals surface area contributed by atoms with Gasteiger partial charge in [0, 0.05) is 11.4 Å². The first kappa shape index (κ1) is 15.0. The van der Waals surface area contributed by atoms with Crippen molar-refractivity contribution in [2.24, 2.45) is 0 Å². The first-order valence-corrected chi connectivity index (χ1v) is 7.92. The van der Waals surface area contributed by atoms with Gasteiger partial charge in [0.25, 0.3) is 0 Å². The minimum Gasteiger partial charge on any atom is -0.486 e. The van der Waals surface area contributed by atoms with Crippen LogP contribution in [0, 0.1) is 0 Å². The summed E-state index contributed by atoms with van der Waals surface area (Å²) in [5.41, 5.74) is 2.51. The molecule has 1 N–H and O–H groups in total. The zero-order valence-electron chi connectivity index (χ0n) is 12.4. The van der Waals surface area contributed by atoms with E-state index in [4.69, 9.17) is 4.74 Å². The van der Waals surface area contributed by atoms with Gasteiger partial charge >= 0.3 is 0 Å². The molecule has 3 nitrogen and oxygen atoms in total. The Bertz CT molecular complexity index is 534. The van der Waals surface area contributed by atoms with Crippen molar-refractivity contribution in [3.8, 4) is 5.75 Å². The van der Waals surface area contributed by atoms with E-state index in [1.54, 1.807) is 11.3 Å². The number of rotatable bonds is 7. The molecule has 20 heavy (non-hydrogen) atoms. The smallest absolute Gasteiger partial charge is 0.140 e. The largest absolute Gasteiger partial charge is 0.486 e. The highest BCUT2D eigenvalue weighted by Crippen LogP contribution is 2.21. The van der Waals surface area contributed by atoms with Gasteiger partial charge in [-0.25, -0.2) is 4.98 Å². The second-order valence-corrected chi connectivity index (χ2v) is 5.82. The number of ether oxygens (including phenoxy) is 1. The number of nitrogens with zero attached hydrogens (tertiary/aromatic N) is 1. The molecule has 1 heterocycles. The summed E-state index contributed by atoms with van der Waals surface area (Å²) in [5.74, 6) is 0.908. The van der Waals surface area contributed by atoms with Crippen molar-refractivity contribution in [1.82, 2.24) is 10.3 Å². The van der Waals surface area contributed by atoms with Crippen molar-refractivity contribution in [2.45, 2.75) is 39.8 Å². The Morgan fingerprint density at radius 3 is 2.50 bits per heavy atom. The summed E-state index contributed by atoms with van der Waals surface area (Å²) in [6.07, 6.45) is 2.03. The van der Waals surface area contributed by atoms with E-state index in [1.165, 1.54) is 16.1 Å². The molecule has 0 fully saturated rings. The predicted molar refractivity (Wildman–Crippen MR) is 84.4 cm³/mol. The van der Waals surface area contributed by atoms with Gasteiger partial charge in [-0.2, -0.15) is 0 Å². The molecular formula is C16H22N2OS. The summed E-state index contributed by atoms with van der Waals surface area (Å²) < 4.78 is 5.81. The van der Waals surface area contributed by atoms with Crippen LogP contribution in [-0.4, -0.2) is 12.0 Å². The van der Waals surface area contributed by atoms with Crippen LogP contribution in [0.3, 0.4) is 0 Å². The second-order valence-electron chi connectivity index (χ2n) is 4.65. The Labute approximate surface area is 125 Å². The maximum atomic E-state index is 5.81. The fraction of sp³-hybridized carbons (Fsp3) is 0.438. The Kier molecular flexibility index (Phi) is 5.56. The highest BCUT2D eigenvalue weighted by Gasteiger charge is 2.09. The molecule has 108 valence electrons. The van der Waals surface area contributed by atoms with Crippen LogP contribution in [0.5, 0.6) is 5.75 Å². The zero-order valence-corrected chi connectivity index (χ0v) is 13.2. The third-order valence-electron chi connectivity index (χ3n) is 3.19. The van der Waals surface area contributed by atoms with Gasteiger partial charge in [0.1, 0.15) is 17.4 Å². The molecule has 0 atom stereocenters. The number of aryl methyl sites for hydroxylation is 2. The van der Waals surface area contributed by atoms with Gasteiger partial charge in [0.2, 0.25) is 0 Å². The van der Waals surface area contributed by atoms with Gasteiger partial charge < -0.3 is 10.1 Å². The van der Waals surface area contributed by atoms with E-state index in [0.29, 0.717) is 6.61 Å². The molecule has 0 radical (unpaired) electrons. The van der Waals surface area contributed by atoms with Gasteiger partial charge in [-0.15, -0.1) is 11.3 Å².